The van der Waals surface area contributed by atoms with E-state index in [1.807, 2.05) is 5.38 Å². The third kappa shape index (κ3) is 2.59. The maximum atomic E-state index is 12.4. The van der Waals surface area contributed by atoms with Gasteiger partial charge in [0.2, 0.25) is 0 Å². The zero-order valence-electron chi connectivity index (χ0n) is 11.5. The van der Waals surface area contributed by atoms with Gasteiger partial charge in [0.05, 0.1) is 11.3 Å². The van der Waals surface area contributed by atoms with Gasteiger partial charge in [-0.3, -0.25) is 4.79 Å². The van der Waals surface area contributed by atoms with Crippen molar-refractivity contribution in [2.75, 3.05) is 5.32 Å². The first kappa shape index (κ1) is 15.5. The molecular weight excluding hydrogens is 512 g/mol. The van der Waals surface area contributed by atoms with Crippen LogP contribution in [-0.4, -0.2) is 5.91 Å². The highest BCUT2D eigenvalue weighted by Crippen LogP contribution is 2.44. The molecule has 0 saturated heterocycles. The zero-order valence-corrected chi connectivity index (χ0v) is 16.7. The highest BCUT2D eigenvalue weighted by molar-refractivity contribution is 14.1. The fourth-order valence-electron chi connectivity index (χ4n) is 2.42. The number of halogens is 2. The number of amides is 1. The van der Waals surface area contributed by atoms with Gasteiger partial charge in [0.25, 0.3) is 5.91 Å². The van der Waals surface area contributed by atoms with Crippen LogP contribution in [0.15, 0.2) is 11.4 Å². The molecule has 0 fully saturated rings. The van der Waals surface area contributed by atoms with Gasteiger partial charge in [-0.15, -0.1) is 11.3 Å². The van der Waals surface area contributed by atoms with Crippen LogP contribution in [0.5, 0.6) is 11.5 Å². The molecule has 1 aromatic carbocycles. The smallest absolute Gasteiger partial charge is 0.260 e. The van der Waals surface area contributed by atoms with E-state index in [2.05, 4.69) is 70.4 Å². The topological polar surface area (TPSA) is 38.3 Å². The number of carbonyl (C=O) groups is 1. The molecule has 1 aliphatic rings. The van der Waals surface area contributed by atoms with Crippen LogP contribution in [0.4, 0.5) is 5.69 Å². The molecule has 21 heavy (non-hydrogen) atoms. The molecule has 0 spiro atoms. The molecule has 0 unspecified atom stereocenters. The fraction of sp³-hybridized carbons (Fsp3) is 0.267. The van der Waals surface area contributed by atoms with Crippen LogP contribution < -0.4 is 10.1 Å². The molecule has 0 radical (unpaired) electrons. The van der Waals surface area contributed by atoms with Crippen molar-refractivity contribution in [3.63, 3.8) is 0 Å². The van der Waals surface area contributed by atoms with Crippen molar-refractivity contribution in [1.82, 2.24) is 0 Å². The zero-order chi connectivity index (χ0) is 15.1. The molecule has 2 heterocycles. The summed E-state index contributed by atoms with van der Waals surface area (Å²) in [5, 5.41) is 4.89. The van der Waals surface area contributed by atoms with Crippen LogP contribution in [0.3, 0.4) is 0 Å². The Bertz CT molecular complexity index is 740. The lowest BCUT2D eigenvalue weighted by molar-refractivity contribution is 0.102. The predicted octanol–water partition coefficient (Wildman–Crippen LogP) is 5.44. The number of aryl methyl sites for hydroxylation is 1. The second-order valence-electron chi connectivity index (χ2n) is 4.72. The Morgan fingerprint density at radius 3 is 2.71 bits per heavy atom. The predicted molar refractivity (Wildman–Crippen MR) is 103 cm³/mol. The molecule has 3 nitrogen and oxygen atoms in total. The number of rotatable bonds is 2. The number of anilines is 1. The summed E-state index contributed by atoms with van der Waals surface area (Å²) in [7, 11) is 0. The first-order valence-corrected chi connectivity index (χ1v) is 9.70. The van der Waals surface area contributed by atoms with E-state index >= 15 is 0 Å². The van der Waals surface area contributed by atoms with Crippen molar-refractivity contribution in [3.05, 3.63) is 34.6 Å². The largest absolute Gasteiger partial charge is 0.452 e. The summed E-state index contributed by atoms with van der Waals surface area (Å²) >= 11 is 6.12. The Kier molecular flexibility index (Phi) is 4.47. The van der Waals surface area contributed by atoms with E-state index in [1.165, 1.54) is 20.5 Å². The van der Waals surface area contributed by atoms with E-state index < -0.39 is 0 Å². The molecule has 0 aliphatic carbocycles. The summed E-state index contributed by atoms with van der Waals surface area (Å²) in [6.45, 7) is 4.24. The second-order valence-corrected chi connectivity index (χ2v) is 8.49. The van der Waals surface area contributed by atoms with Gasteiger partial charge in [-0.05, 0) is 75.2 Å². The summed E-state index contributed by atoms with van der Waals surface area (Å²) in [5.74, 6) is 1.35. The van der Waals surface area contributed by atoms with E-state index in [9.17, 15) is 4.79 Å². The number of ether oxygens (including phenoxy) is 1. The summed E-state index contributed by atoms with van der Waals surface area (Å²) in [5.41, 5.74) is 3.85. The van der Waals surface area contributed by atoms with Gasteiger partial charge in [0.15, 0.2) is 11.5 Å². The normalized spacial score (nSPS) is 13.0. The van der Waals surface area contributed by atoms with E-state index in [0.29, 0.717) is 11.3 Å². The molecule has 1 aliphatic heterocycles. The molecule has 1 amide bonds. The average Bonchev–Trinajstić information content (AvgIpc) is 2.76. The number of fused-ring (bicyclic) bond motifs is 2. The van der Waals surface area contributed by atoms with Crippen LogP contribution in [0, 0.1) is 6.45 Å². The summed E-state index contributed by atoms with van der Waals surface area (Å²) < 4.78 is 8.32. The van der Waals surface area contributed by atoms with E-state index in [0.717, 1.165) is 32.7 Å². The van der Waals surface area contributed by atoms with Crippen molar-refractivity contribution in [3.8, 4) is 11.5 Å². The standard InChI is InChI=1S/C15H13I2NO2S/c1-3-7-5-10-12(8(4-2)11(7)16)18-15(19)9-6-21-14(17)13(9)20-10/h5-6H,3-4H2,1-2H3,(H,18,19). The first-order valence-electron chi connectivity index (χ1n) is 6.67. The highest BCUT2D eigenvalue weighted by Gasteiger charge is 2.27. The Morgan fingerprint density at radius 2 is 2.05 bits per heavy atom. The van der Waals surface area contributed by atoms with Crippen LogP contribution in [0.1, 0.15) is 35.3 Å². The van der Waals surface area contributed by atoms with E-state index in [4.69, 9.17) is 4.74 Å². The lowest BCUT2D eigenvalue weighted by Gasteiger charge is -2.16. The molecule has 0 atom stereocenters. The quantitative estimate of drug-likeness (QED) is 0.531. The van der Waals surface area contributed by atoms with Crippen LogP contribution in [0.25, 0.3) is 0 Å². The van der Waals surface area contributed by atoms with Crippen molar-refractivity contribution in [1.29, 1.82) is 0 Å². The van der Waals surface area contributed by atoms with Crippen LogP contribution >= 0.6 is 56.5 Å². The summed E-state index contributed by atoms with van der Waals surface area (Å²) in [4.78, 5) is 12.4. The third-order valence-corrected chi connectivity index (χ3v) is 6.88. The molecule has 1 N–H and O–H groups in total. The van der Waals surface area contributed by atoms with Gasteiger partial charge in [-0.2, -0.15) is 0 Å². The van der Waals surface area contributed by atoms with Gasteiger partial charge in [-0.25, -0.2) is 0 Å². The first-order chi connectivity index (χ1) is 10.1. The number of nitrogens with one attached hydrogen (secondary N) is 1. The Labute approximate surface area is 154 Å². The van der Waals surface area contributed by atoms with E-state index in [-0.39, 0.29) is 5.91 Å². The van der Waals surface area contributed by atoms with Gasteiger partial charge in [0, 0.05) is 8.95 Å². The summed E-state index contributed by atoms with van der Waals surface area (Å²) in [6.07, 6.45) is 1.81. The average molecular weight is 525 g/mol. The minimum absolute atomic E-state index is 0.0855. The molecule has 6 heteroatoms. The highest BCUT2D eigenvalue weighted by atomic mass is 127. The third-order valence-electron chi connectivity index (χ3n) is 3.53. The van der Waals surface area contributed by atoms with Gasteiger partial charge in [0.1, 0.15) is 2.88 Å². The van der Waals surface area contributed by atoms with Crippen molar-refractivity contribution < 1.29 is 9.53 Å². The number of carbonyl (C=O) groups excluding carboxylic acids is 1. The van der Waals surface area contributed by atoms with Crippen molar-refractivity contribution in [2.24, 2.45) is 0 Å². The van der Waals surface area contributed by atoms with Crippen LogP contribution in [0.2, 0.25) is 0 Å². The number of thiophene rings is 1. The van der Waals surface area contributed by atoms with Gasteiger partial charge in [-0.1, -0.05) is 13.8 Å². The lowest BCUT2D eigenvalue weighted by atomic mass is 10.0. The molecule has 3 rings (SSSR count). The molecule has 0 bridgehead atoms. The van der Waals surface area contributed by atoms with Crippen molar-refractivity contribution in [2.45, 2.75) is 26.7 Å². The Balaban J connectivity index is 2.24. The number of benzene rings is 1. The lowest BCUT2D eigenvalue weighted by Crippen LogP contribution is -2.12. The molecular formula is C15H13I2NO2S. The van der Waals surface area contributed by atoms with Crippen molar-refractivity contribution >= 4 is 68.1 Å². The maximum Gasteiger partial charge on any atom is 0.260 e. The Hall–Kier alpha value is -0.350. The number of hydrogen-bond donors (Lipinski definition) is 1. The second kappa shape index (κ2) is 6.04. The van der Waals surface area contributed by atoms with E-state index in [1.54, 1.807) is 0 Å². The fourth-order valence-corrected chi connectivity index (χ4v) is 5.08. The molecule has 110 valence electrons. The monoisotopic (exact) mass is 525 g/mol. The molecule has 0 saturated carbocycles. The minimum Gasteiger partial charge on any atom is -0.452 e. The maximum absolute atomic E-state index is 12.4. The van der Waals surface area contributed by atoms with Gasteiger partial charge >= 0.3 is 0 Å². The minimum atomic E-state index is -0.0855. The SMILES string of the molecule is CCc1cc2c(c(CC)c1I)NC(=O)c1csc(I)c1O2. The Morgan fingerprint density at radius 1 is 1.29 bits per heavy atom. The molecule has 1 aromatic heterocycles. The van der Waals surface area contributed by atoms with Crippen LogP contribution in [-0.2, 0) is 12.8 Å². The summed E-state index contributed by atoms with van der Waals surface area (Å²) in [6, 6.07) is 2.05. The number of hydrogen-bond acceptors (Lipinski definition) is 3. The van der Waals surface area contributed by atoms with Gasteiger partial charge < -0.3 is 10.1 Å². The molecule has 2 aromatic rings.